The van der Waals surface area contributed by atoms with E-state index >= 15 is 0 Å². The lowest BCUT2D eigenvalue weighted by Crippen LogP contribution is -2.22. The molecule has 2 N–H and O–H groups in total. The Balaban J connectivity index is 2.42. The van der Waals surface area contributed by atoms with Crippen molar-refractivity contribution in [2.45, 2.75) is 40.2 Å². The van der Waals surface area contributed by atoms with E-state index in [-0.39, 0.29) is 11.9 Å². The second kappa shape index (κ2) is 6.51. The standard InChI is InChI=1S/C16H21N5O/c1-5-11(3)19-12(4)13-9-18-15(8-10(13)2)21-7-6-14(17)20-16(21)22/h6-9,11H,5H2,1-4H3,(H2,17,20,22)/b19-12-. The average molecular weight is 299 g/mol. The van der Waals surface area contributed by atoms with E-state index in [0.29, 0.717) is 5.82 Å². The van der Waals surface area contributed by atoms with E-state index < -0.39 is 5.69 Å². The number of nitrogens with two attached hydrogens (primary N) is 1. The zero-order valence-electron chi connectivity index (χ0n) is 13.4. The van der Waals surface area contributed by atoms with Crippen LogP contribution in [0.5, 0.6) is 0 Å². The van der Waals surface area contributed by atoms with Crippen LogP contribution in [-0.4, -0.2) is 26.3 Å². The lowest BCUT2D eigenvalue weighted by molar-refractivity contribution is 0.717. The summed E-state index contributed by atoms with van der Waals surface area (Å²) in [5.41, 5.74) is 8.01. The second-order valence-corrected chi connectivity index (χ2v) is 5.33. The van der Waals surface area contributed by atoms with Crippen molar-refractivity contribution in [2.75, 3.05) is 5.73 Å². The van der Waals surface area contributed by atoms with Gasteiger partial charge in [0.1, 0.15) is 11.6 Å². The highest BCUT2D eigenvalue weighted by Crippen LogP contribution is 2.13. The molecular weight excluding hydrogens is 278 g/mol. The summed E-state index contributed by atoms with van der Waals surface area (Å²) in [5.74, 6) is 0.723. The Morgan fingerprint density at radius 1 is 1.50 bits per heavy atom. The molecule has 0 bridgehead atoms. The SMILES string of the molecule is CCC(C)/N=C(/C)c1cnc(-n2ccc(N)nc2=O)cc1C. The molecule has 22 heavy (non-hydrogen) atoms. The molecule has 2 aromatic rings. The molecule has 0 aliphatic rings. The summed E-state index contributed by atoms with van der Waals surface area (Å²) >= 11 is 0. The van der Waals surface area contributed by atoms with Crippen molar-refractivity contribution in [3.8, 4) is 5.82 Å². The number of nitrogens with zero attached hydrogens (tertiary/aromatic N) is 4. The molecule has 6 heteroatoms. The molecule has 6 nitrogen and oxygen atoms in total. The third kappa shape index (κ3) is 3.39. The van der Waals surface area contributed by atoms with Gasteiger partial charge in [0.15, 0.2) is 0 Å². The molecule has 2 rings (SSSR count). The van der Waals surface area contributed by atoms with Crippen molar-refractivity contribution in [2.24, 2.45) is 4.99 Å². The molecule has 116 valence electrons. The summed E-state index contributed by atoms with van der Waals surface area (Å²) in [6, 6.07) is 3.70. The highest BCUT2D eigenvalue weighted by atomic mass is 16.1. The Hall–Kier alpha value is -2.50. The first kappa shape index (κ1) is 15.9. The molecule has 0 saturated heterocycles. The number of aryl methyl sites for hydroxylation is 1. The second-order valence-electron chi connectivity index (χ2n) is 5.33. The van der Waals surface area contributed by atoms with Gasteiger partial charge in [-0.1, -0.05) is 6.92 Å². The van der Waals surface area contributed by atoms with Gasteiger partial charge < -0.3 is 5.73 Å². The summed E-state index contributed by atoms with van der Waals surface area (Å²) in [7, 11) is 0. The number of aliphatic imine (C=N–C) groups is 1. The number of pyridine rings is 1. The Bertz CT molecular complexity index is 763. The molecule has 1 atom stereocenters. The van der Waals surface area contributed by atoms with E-state index in [9.17, 15) is 4.79 Å². The monoisotopic (exact) mass is 299 g/mol. The Morgan fingerprint density at radius 2 is 2.23 bits per heavy atom. The third-order valence-electron chi connectivity index (χ3n) is 3.56. The first-order valence-corrected chi connectivity index (χ1v) is 7.29. The molecule has 1 unspecified atom stereocenters. The minimum atomic E-state index is -0.440. The number of aromatic nitrogens is 3. The number of nitrogen functional groups attached to an aromatic ring is 1. The zero-order chi connectivity index (χ0) is 16.3. The van der Waals surface area contributed by atoms with E-state index in [4.69, 9.17) is 5.73 Å². The third-order valence-corrected chi connectivity index (χ3v) is 3.56. The summed E-state index contributed by atoms with van der Waals surface area (Å²) in [4.78, 5) is 24.6. The Morgan fingerprint density at radius 3 is 2.82 bits per heavy atom. The lowest BCUT2D eigenvalue weighted by Gasteiger charge is -2.11. The van der Waals surface area contributed by atoms with Crippen LogP contribution in [0, 0.1) is 6.92 Å². The molecule has 2 aromatic heterocycles. The molecule has 0 aromatic carbocycles. The van der Waals surface area contributed by atoms with Crippen LogP contribution in [0.3, 0.4) is 0 Å². The van der Waals surface area contributed by atoms with Crippen LogP contribution in [0.25, 0.3) is 5.82 Å². The van der Waals surface area contributed by atoms with Gasteiger partial charge in [0.25, 0.3) is 0 Å². The van der Waals surface area contributed by atoms with Gasteiger partial charge in [0.05, 0.1) is 0 Å². The summed E-state index contributed by atoms with van der Waals surface area (Å²) in [5, 5.41) is 0. The Kier molecular flexibility index (Phi) is 4.70. The van der Waals surface area contributed by atoms with Gasteiger partial charge in [-0.2, -0.15) is 4.98 Å². The van der Waals surface area contributed by atoms with Crippen LogP contribution < -0.4 is 11.4 Å². The fourth-order valence-electron chi connectivity index (χ4n) is 2.13. The smallest absolute Gasteiger partial charge is 0.355 e. The van der Waals surface area contributed by atoms with E-state index in [1.807, 2.05) is 19.9 Å². The van der Waals surface area contributed by atoms with Crippen LogP contribution in [0.2, 0.25) is 0 Å². The number of anilines is 1. The van der Waals surface area contributed by atoms with Gasteiger partial charge in [-0.05, 0) is 44.9 Å². The van der Waals surface area contributed by atoms with Crippen molar-refractivity contribution in [1.82, 2.24) is 14.5 Å². The predicted octanol–water partition coefficient (Wildman–Crippen LogP) is 2.13. The van der Waals surface area contributed by atoms with Crippen molar-refractivity contribution in [3.05, 3.63) is 46.1 Å². The van der Waals surface area contributed by atoms with Crippen LogP contribution >= 0.6 is 0 Å². The van der Waals surface area contributed by atoms with Crippen molar-refractivity contribution >= 4 is 11.5 Å². The molecular formula is C16H21N5O. The van der Waals surface area contributed by atoms with Gasteiger partial charge in [0.2, 0.25) is 0 Å². The van der Waals surface area contributed by atoms with Crippen LogP contribution in [0.15, 0.2) is 34.3 Å². The maximum absolute atomic E-state index is 11.9. The number of hydrogen-bond acceptors (Lipinski definition) is 5. The molecule has 0 aliphatic carbocycles. The van der Waals surface area contributed by atoms with Gasteiger partial charge in [-0.25, -0.2) is 9.78 Å². The topological polar surface area (TPSA) is 86.2 Å². The predicted molar refractivity (Wildman–Crippen MR) is 88.7 cm³/mol. The van der Waals surface area contributed by atoms with Crippen LogP contribution in [-0.2, 0) is 0 Å². The normalized spacial score (nSPS) is 13.2. The van der Waals surface area contributed by atoms with E-state index in [2.05, 4.69) is 28.8 Å². The molecule has 2 heterocycles. The molecule has 0 radical (unpaired) electrons. The van der Waals surface area contributed by atoms with E-state index in [1.54, 1.807) is 18.5 Å². The molecule has 0 spiro atoms. The maximum atomic E-state index is 11.9. The van der Waals surface area contributed by atoms with Crippen molar-refractivity contribution < 1.29 is 0 Å². The van der Waals surface area contributed by atoms with Crippen LogP contribution in [0.1, 0.15) is 38.3 Å². The Labute approximate surface area is 129 Å². The number of rotatable bonds is 4. The minimum absolute atomic E-state index is 0.200. The summed E-state index contributed by atoms with van der Waals surface area (Å²) in [6.07, 6.45) is 4.31. The van der Waals surface area contributed by atoms with E-state index in [0.717, 1.165) is 23.3 Å². The van der Waals surface area contributed by atoms with E-state index in [1.165, 1.54) is 4.57 Å². The van der Waals surface area contributed by atoms with Crippen molar-refractivity contribution in [3.63, 3.8) is 0 Å². The van der Waals surface area contributed by atoms with Crippen LogP contribution in [0.4, 0.5) is 5.82 Å². The summed E-state index contributed by atoms with van der Waals surface area (Å²) < 4.78 is 1.37. The quantitative estimate of drug-likeness (QED) is 0.876. The first-order valence-electron chi connectivity index (χ1n) is 7.29. The van der Waals surface area contributed by atoms with Crippen molar-refractivity contribution in [1.29, 1.82) is 0 Å². The highest BCUT2D eigenvalue weighted by Gasteiger charge is 2.08. The molecule has 0 fully saturated rings. The summed E-state index contributed by atoms with van der Waals surface area (Å²) in [6.45, 7) is 8.15. The molecule has 0 amide bonds. The molecule has 0 aliphatic heterocycles. The number of hydrogen-bond donors (Lipinski definition) is 1. The van der Waals surface area contributed by atoms with Gasteiger partial charge in [-0.3, -0.25) is 9.56 Å². The lowest BCUT2D eigenvalue weighted by atomic mass is 10.1. The molecule has 0 saturated carbocycles. The largest absolute Gasteiger partial charge is 0.383 e. The average Bonchev–Trinajstić information content (AvgIpc) is 2.46. The zero-order valence-corrected chi connectivity index (χ0v) is 13.4. The first-order chi connectivity index (χ1) is 10.4. The van der Waals surface area contributed by atoms with Gasteiger partial charge >= 0.3 is 5.69 Å². The highest BCUT2D eigenvalue weighted by molar-refractivity contribution is 5.99. The fraction of sp³-hybridized carbons (Fsp3) is 0.375. The maximum Gasteiger partial charge on any atom is 0.355 e. The minimum Gasteiger partial charge on any atom is -0.383 e. The van der Waals surface area contributed by atoms with Gasteiger partial charge in [-0.15, -0.1) is 0 Å². The fourth-order valence-corrected chi connectivity index (χ4v) is 2.13. The van der Waals surface area contributed by atoms with Gasteiger partial charge in [0, 0.05) is 29.7 Å².